The van der Waals surface area contributed by atoms with Gasteiger partial charge in [-0.3, -0.25) is 14.4 Å². The summed E-state index contributed by atoms with van der Waals surface area (Å²) in [6.45, 7) is -0.500. The highest BCUT2D eigenvalue weighted by atomic mass is 19.1. The molecule has 2 aromatic rings. The van der Waals surface area contributed by atoms with Gasteiger partial charge in [0.25, 0.3) is 11.8 Å². The maximum atomic E-state index is 14.1. The summed E-state index contributed by atoms with van der Waals surface area (Å²) < 4.78 is 56.1. The first-order chi connectivity index (χ1) is 15.2. The van der Waals surface area contributed by atoms with E-state index in [9.17, 15) is 37.1 Å². The second-order valence-electron chi connectivity index (χ2n) is 8.35. The second kappa shape index (κ2) is 7.07. The van der Waals surface area contributed by atoms with Gasteiger partial charge >= 0.3 is 0 Å². The number of aromatic nitrogens is 1. The van der Waals surface area contributed by atoms with Gasteiger partial charge < -0.3 is 19.9 Å². The molecule has 2 fully saturated rings. The number of hydrogen-bond acceptors (Lipinski definition) is 4. The van der Waals surface area contributed by atoms with Gasteiger partial charge in [-0.25, -0.2) is 17.6 Å². The summed E-state index contributed by atoms with van der Waals surface area (Å²) in [5.41, 5.74) is -2.59. The molecule has 1 aliphatic carbocycles. The molecule has 2 aliphatic heterocycles. The summed E-state index contributed by atoms with van der Waals surface area (Å²) in [7, 11) is 0. The average molecular weight is 451 g/mol. The Morgan fingerprint density at radius 1 is 1.12 bits per heavy atom. The SMILES string of the molecule is O=C(NCc1c(F)cc(F)cc1F)c1cn2c(c(O)c1=O)C(=O)N1C3CC(C[C@@H]3F)[C@H]1C2. The van der Waals surface area contributed by atoms with Crippen LogP contribution in [0.2, 0.25) is 0 Å². The lowest BCUT2D eigenvalue weighted by Gasteiger charge is -2.41. The molecule has 1 aromatic carbocycles. The molecular formula is C21H17F4N3O4. The van der Waals surface area contributed by atoms with E-state index in [4.69, 9.17) is 0 Å². The molecule has 2 amide bonds. The molecule has 32 heavy (non-hydrogen) atoms. The van der Waals surface area contributed by atoms with Crippen molar-refractivity contribution < 1.29 is 32.3 Å². The molecule has 168 valence electrons. The van der Waals surface area contributed by atoms with Gasteiger partial charge in [-0.2, -0.15) is 0 Å². The van der Waals surface area contributed by atoms with Crippen LogP contribution in [0.25, 0.3) is 0 Å². The normalized spacial score (nSPS) is 25.6. The van der Waals surface area contributed by atoms with Gasteiger partial charge in [0.1, 0.15) is 29.2 Å². The highest BCUT2D eigenvalue weighted by Crippen LogP contribution is 2.47. The van der Waals surface area contributed by atoms with Crippen molar-refractivity contribution in [3.05, 3.63) is 62.8 Å². The van der Waals surface area contributed by atoms with E-state index >= 15 is 0 Å². The van der Waals surface area contributed by atoms with Gasteiger partial charge in [-0.15, -0.1) is 0 Å². The van der Waals surface area contributed by atoms with Crippen molar-refractivity contribution in [1.29, 1.82) is 0 Å². The van der Waals surface area contributed by atoms with Gasteiger partial charge in [0, 0.05) is 37.0 Å². The first-order valence-corrected chi connectivity index (χ1v) is 10.0. The highest BCUT2D eigenvalue weighted by molar-refractivity contribution is 5.99. The lowest BCUT2D eigenvalue weighted by atomic mass is 9.95. The van der Waals surface area contributed by atoms with Gasteiger partial charge in [0.05, 0.1) is 12.1 Å². The molecule has 3 aliphatic rings. The van der Waals surface area contributed by atoms with E-state index in [-0.39, 0.29) is 24.2 Å². The van der Waals surface area contributed by atoms with Crippen LogP contribution in [0.5, 0.6) is 5.75 Å². The monoisotopic (exact) mass is 451 g/mol. The first kappa shape index (κ1) is 20.5. The summed E-state index contributed by atoms with van der Waals surface area (Å²) in [5, 5.41) is 12.6. The number of rotatable bonds is 3. The number of pyridine rings is 1. The highest BCUT2D eigenvalue weighted by Gasteiger charge is 2.56. The maximum absolute atomic E-state index is 14.1. The summed E-state index contributed by atoms with van der Waals surface area (Å²) in [6, 6.07) is 0.00828. The van der Waals surface area contributed by atoms with Gasteiger partial charge in [-0.05, 0) is 18.8 Å². The van der Waals surface area contributed by atoms with E-state index in [0.29, 0.717) is 25.0 Å². The molecule has 1 aromatic heterocycles. The predicted molar refractivity (Wildman–Crippen MR) is 101 cm³/mol. The van der Waals surface area contributed by atoms with E-state index in [0.717, 1.165) is 6.20 Å². The van der Waals surface area contributed by atoms with Crippen molar-refractivity contribution in [2.75, 3.05) is 0 Å². The number of aromatic hydroxyl groups is 1. The summed E-state index contributed by atoms with van der Waals surface area (Å²) >= 11 is 0. The van der Waals surface area contributed by atoms with Crippen molar-refractivity contribution in [3.8, 4) is 5.75 Å². The van der Waals surface area contributed by atoms with E-state index in [1.807, 2.05) is 0 Å². The van der Waals surface area contributed by atoms with Crippen molar-refractivity contribution in [1.82, 2.24) is 14.8 Å². The zero-order valence-electron chi connectivity index (χ0n) is 16.4. The number of benzene rings is 1. The summed E-state index contributed by atoms with van der Waals surface area (Å²) in [5.74, 6) is -6.24. The Kier molecular flexibility index (Phi) is 4.54. The van der Waals surface area contributed by atoms with Gasteiger partial charge in [-0.1, -0.05) is 0 Å². The number of carbonyl (C=O) groups excluding carboxylic acids is 2. The molecule has 7 nitrogen and oxygen atoms in total. The molecule has 3 heterocycles. The van der Waals surface area contributed by atoms with E-state index in [1.54, 1.807) is 0 Å². The number of alkyl halides is 1. The molecule has 2 N–H and O–H groups in total. The Labute approximate surface area is 178 Å². The molecule has 0 radical (unpaired) electrons. The topological polar surface area (TPSA) is 91.6 Å². The number of amides is 2. The molecule has 4 atom stereocenters. The van der Waals surface area contributed by atoms with Crippen LogP contribution in [-0.2, 0) is 13.1 Å². The Hall–Kier alpha value is -3.37. The Morgan fingerprint density at radius 3 is 2.50 bits per heavy atom. The van der Waals surface area contributed by atoms with Crippen molar-refractivity contribution in [2.45, 2.75) is 44.2 Å². The van der Waals surface area contributed by atoms with Crippen LogP contribution in [-0.4, -0.2) is 44.6 Å². The van der Waals surface area contributed by atoms with E-state index in [2.05, 4.69) is 5.32 Å². The second-order valence-corrected chi connectivity index (χ2v) is 8.35. The summed E-state index contributed by atoms with van der Waals surface area (Å²) in [6.07, 6.45) is 0.776. The van der Waals surface area contributed by atoms with Crippen molar-refractivity contribution in [3.63, 3.8) is 0 Å². The minimum absolute atomic E-state index is 0.0598. The fraction of sp³-hybridized carbons (Fsp3) is 0.381. The van der Waals surface area contributed by atoms with Crippen molar-refractivity contribution in [2.24, 2.45) is 5.92 Å². The smallest absolute Gasteiger partial charge is 0.275 e. The molecule has 1 saturated carbocycles. The zero-order valence-corrected chi connectivity index (χ0v) is 16.4. The fourth-order valence-corrected chi connectivity index (χ4v) is 5.12. The lowest BCUT2D eigenvalue weighted by molar-refractivity contribution is 0.0315. The minimum Gasteiger partial charge on any atom is -0.503 e. The fourth-order valence-electron chi connectivity index (χ4n) is 5.12. The van der Waals surface area contributed by atoms with Crippen LogP contribution < -0.4 is 10.7 Å². The number of hydrogen-bond donors (Lipinski definition) is 2. The van der Waals surface area contributed by atoms with Gasteiger partial charge in [0.15, 0.2) is 11.4 Å². The summed E-state index contributed by atoms with van der Waals surface area (Å²) in [4.78, 5) is 39.4. The van der Waals surface area contributed by atoms with Crippen LogP contribution in [0.3, 0.4) is 0 Å². The van der Waals surface area contributed by atoms with Crippen LogP contribution in [0, 0.1) is 23.4 Å². The Morgan fingerprint density at radius 2 is 1.81 bits per heavy atom. The number of halogens is 4. The average Bonchev–Trinajstić information content (AvgIpc) is 3.27. The Bertz CT molecular complexity index is 1210. The molecule has 2 unspecified atom stereocenters. The van der Waals surface area contributed by atoms with E-state index < -0.39 is 70.3 Å². The maximum Gasteiger partial charge on any atom is 0.275 e. The number of fused-ring (bicyclic) bond motifs is 6. The predicted octanol–water partition coefficient (Wildman–Crippen LogP) is 1.86. The standard InChI is InChI=1S/C21H17F4N3O4/c22-9-3-12(23)10(13(24)4-9)5-26-20(31)11-6-27-7-16-8-1-14(25)15(2-8)28(16)21(32)17(27)19(30)18(11)29/h3-4,6,8,14-16,30H,1-2,5,7H2,(H,26,31)/t8?,14-,15?,16+/m0/s1. The van der Waals surface area contributed by atoms with E-state index in [1.165, 1.54) is 9.47 Å². The third-order valence-electron chi connectivity index (χ3n) is 6.60. The lowest BCUT2D eigenvalue weighted by Crippen LogP contribution is -2.55. The third kappa shape index (κ3) is 2.90. The number of nitrogens with one attached hydrogen (secondary N) is 1. The number of carbonyl (C=O) groups is 2. The zero-order chi connectivity index (χ0) is 22.9. The van der Waals surface area contributed by atoms with Crippen LogP contribution in [0.15, 0.2) is 23.1 Å². The van der Waals surface area contributed by atoms with Gasteiger partial charge in [0.2, 0.25) is 5.43 Å². The van der Waals surface area contributed by atoms with Crippen molar-refractivity contribution >= 4 is 11.8 Å². The minimum atomic E-state index is -1.21. The molecular weight excluding hydrogens is 434 g/mol. The largest absolute Gasteiger partial charge is 0.503 e. The number of piperidine rings is 1. The quantitative estimate of drug-likeness (QED) is 0.697. The third-order valence-corrected chi connectivity index (χ3v) is 6.60. The number of nitrogens with zero attached hydrogens (tertiary/aromatic N) is 2. The molecule has 5 rings (SSSR count). The molecule has 0 spiro atoms. The molecule has 11 heteroatoms. The molecule has 1 saturated heterocycles. The van der Waals surface area contributed by atoms with Crippen LogP contribution in [0.1, 0.15) is 39.3 Å². The molecule has 2 bridgehead atoms. The Balaban J connectivity index is 1.44. The first-order valence-electron chi connectivity index (χ1n) is 10.0. The van der Waals surface area contributed by atoms with Crippen LogP contribution in [0.4, 0.5) is 17.6 Å². The van der Waals surface area contributed by atoms with Crippen LogP contribution >= 0.6 is 0 Å².